The zero-order valence-corrected chi connectivity index (χ0v) is 13.9. The lowest BCUT2D eigenvalue weighted by molar-refractivity contribution is -0.385. The molecule has 0 aromatic heterocycles. The zero-order valence-electron chi connectivity index (χ0n) is 13.1. The van der Waals surface area contributed by atoms with E-state index >= 15 is 0 Å². The van der Waals surface area contributed by atoms with E-state index in [-0.39, 0.29) is 22.0 Å². The number of non-ortho nitro benzene ring substituents is 1. The van der Waals surface area contributed by atoms with Gasteiger partial charge in [0.15, 0.2) is 11.5 Å². The molecule has 0 amide bonds. The van der Waals surface area contributed by atoms with Crippen molar-refractivity contribution in [2.75, 3.05) is 25.0 Å². The predicted octanol–water partition coefficient (Wildman–Crippen LogP) is 2.18. The van der Waals surface area contributed by atoms with Crippen molar-refractivity contribution >= 4 is 21.4 Å². The third-order valence-electron chi connectivity index (χ3n) is 3.44. The normalized spacial score (nSPS) is 13.2. The van der Waals surface area contributed by atoms with Crippen molar-refractivity contribution in [3.8, 4) is 17.2 Å². The van der Waals surface area contributed by atoms with Crippen molar-refractivity contribution < 1.29 is 27.6 Å². The summed E-state index contributed by atoms with van der Waals surface area (Å²) in [5.41, 5.74) is -0.124. The Kier molecular flexibility index (Phi) is 4.36. The van der Waals surface area contributed by atoms with Gasteiger partial charge in [-0.1, -0.05) is 0 Å². The number of rotatable bonds is 5. The van der Waals surface area contributed by atoms with Crippen LogP contribution in [0.25, 0.3) is 0 Å². The van der Waals surface area contributed by atoms with E-state index in [0.717, 1.165) is 6.07 Å². The van der Waals surface area contributed by atoms with E-state index < -0.39 is 14.9 Å². The highest BCUT2D eigenvalue weighted by Gasteiger charge is 2.24. The molecule has 1 heterocycles. The second-order valence-electron chi connectivity index (χ2n) is 5.06. The Balaban J connectivity index is 1.97. The summed E-state index contributed by atoms with van der Waals surface area (Å²) in [5.74, 6) is 0.926. The summed E-state index contributed by atoms with van der Waals surface area (Å²) in [6, 6.07) is 7.92. The van der Waals surface area contributed by atoms with Crippen molar-refractivity contribution in [2.24, 2.45) is 0 Å². The van der Waals surface area contributed by atoms with Gasteiger partial charge in [0, 0.05) is 18.2 Å². The lowest BCUT2D eigenvalue weighted by Gasteiger charge is -2.19. The van der Waals surface area contributed by atoms with Crippen molar-refractivity contribution in [3.63, 3.8) is 0 Å². The number of sulfonamides is 1. The number of benzene rings is 2. The molecule has 2 aromatic carbocycles. The van der Waals surface area contributed by atoms with Crippen molar-refractivity contribution in [3.05, 3.63) is 46.5 Å². The Morgan fingerprint density at radius 1 is 1.12 bits per heavy atom. The summed E-state index contributed by atoms with van der Waals surface area (Å²) in [6.45, 7) is 0.783. The molecular formula is C15H14N2O7S. The minimum absolute atomic E-state index is 0.00403. The topological polar surface area (TPSA) is 117 Å². The quantitative estimate of drug-likeness (QED) is 0.636. The second kappa shape index (κ2) is 6.48. The smallest absolute Gasteiger partial charge is 0.271 e. The Morgan fingerprint density at radius 2 is 1.84 bits per heavy atom. The number of hydrogen-bond acceptors (Lipinski definition) is 7. The highest BCUT2D eigenvalue weighted by atomic mass is 32.2. The molecule has 0 saturated heterocycles. The van der Waals surface area contributed by atoms with Crippen LogP contribution < -0.4 is 18.9 Å². The van der Waals surface area contributed by atoms with Gasteiger partial charge in [0.1, 0.15) is 23.9 Å². The number of nitro benzene ring substituents is 1. The highest BCUT2D eigenvalue weighted by molar-refractivity contribution is 7.92. The number of nitrogens with one attached hydrogen (secondary N) is 1. The largest absolute Gasteiger partial charge is 0.495 e. The lowest BCUT2D eigenvalue weighted by atomic mass is 10.3. The van der Waals surface area contributed by atoms with Crippen LogP contribution in [0.3, 0.4) is 0 Å². The summed E-state index contributed by atoms with van der Waals surface area (Å²) in [5, 5.41) is 10.9. The monoisotopic (exact) mass is 366 g/mol. The summed E-state index contributed by atoms with van der Waals surface area (Å²) in [7, 11) is -2.83. The number of ether oxygens (including phenoxy) is 3. The number of nitro groups is 1. The van der Waals surface area contributed by atoms with Gasteiger partial charge in [-0.15, -0.1) is 0 Å². The maximum atomic E-state index is 12.6. The van der Waals surface area contributed by atoms with Crippen LogP contribution in [0.15, 0.2) is 41.3 Å². The second-order valence-corrected chi connectivity index (χ2v) is 6.71. The minimum Gasteiger partial charge on any atom is -0.495 e. The summed E-state index contributed by atoms with van der Waals surface area (Å²) in [6.07, 6.45) is 0. The van der Waals surface area contributed by atoms with Gasteiger partial charge in [-0.05, 0) is 18.2 Å². The van der Waals surface area contributed by atoms with Crippen molar-refractivity contribution in [2.45, 2.75) is 4.90 Å². The highest BCUT2D eigenvalue weighted by Crippen LogP contribution is 2.34. The molecule has 9 nitrogen and oxygen atoms in total. The number of hydrogen-bond donors (Lipinski definition) is 1. The fraction of sp³-hybridized carbons (Fsp3) is 0.200. The van der Waals surface area contributed by atoms with Gasteiger partial charge in [0.05, 0.1) is 17.7 Å². The molecule has 0 saturated carbocycles. The third kappa shape index (κ3) is 3.43. The molecule has 1 aliphatic rings. The molecule has 1 aliphatic heterocycles. The van der Waals surface area contributed by atoms with Crippen molar-refractivity contribution in [1.82, 2.24) is 0 Å². The molecule has 0 bridgehead atoms. The van der Waals surface area contributed by atoms with E-state index in [1.807, 2.05) is 0 Å². The molecule has 132 valence electrons. The van der Waals surface area contributed by atoms with Crippen LogP contribution in [0.2, 0.25) is 0 Å². The number of nitrogens with zero attached hydrogens (tertiary/aromatic N) is 1. The Hall–Kier alpha value is -3.01. The van der Waals surface area contributed by atoms with E-state index in [9.17, 15) is 18.5 Å². The van der Waals surface area contributed by atoms with Gasteiger partial charge >= 0.3 is 0 Å². The maximum absolute atomic E-state index is 12.6. The van der Waals surface area contributed by atoms with Crippen LogP contribution in [0.5, 0.6) is 17.2 Å². The number of anilines is 1. The molecule has 0 radical (unpaired) electrons. The van der Waals surface area contributed by atoms with E-state index in [2.05, 4.69) is 4.72 Å². The standard InChI is InChI=1S/C15H14N2O7S/c1-22-13-5-3-11(17(18)19)9-15(13)25(20,21)16-10-2-4-12-14(8-10)24-7-6-23-12/h2-5,8-9,16H,6-7H2,1H3. The Labute approximate surface area is 143 Å². The van der Waals surface area contributed by atoms with Gasteiger partial charge in [0.2, 0.25) is 0 Å². The molecule has 0 spiro atoms. The van der Waals surface area contributed by atoms with E-state index in [1.54, 1.807) is 6.07 Å². The molecule has 25 heavy (non-hydrogen) atoms. The van der Waals surface area contributed by atoms with Gasteiger partial charge in [-0.25, -0.2) is 8.42 Å². The average Bonchev–Trinajstić information content (AvgIpc) is 2.60. The van der Waals surface area contributed by atoms with Crippen LogP contribution in [0, 0.1) is 10.1 Å². The molecule has 0 fully saturated rings. The molecule has 2 aromatic rings. The molecule has 10 heteroatoms. The van der Waals surface area contributed by atoms with Gasteiger partial charge in [-0.2, -0.15) is 0 Å². The maximum Gasteiger partial charge on any atom is 0.271 e. The van der Waals surface area contributed by atoms with E-state index in [1.165, 1.54) is 31.4 Å². The minimum atomic E-state index is -4.11. The van der Waals surface area contributed by atoms with E-state index in [0.29, 0.717) is 24.7 Å². The van der Waals surface area contributed by atoms with Crippen LogP contribution in [0.4, 0.5) is 11.4 Å². The molecule has 0 aliphatic carbocycles. The summed E-state index contributed by atoms with van der Waals surface area (Å²) in [4.78, 5) is 9.91. The molecular weight excluding hydrogens is 352 g/mol. The first kappa shape index (κ1) is 16.8. The fourth-order valence-corrected chi connectivity index (χ4v) is 3.55. The summed E-state index contributed by atoms with van der Waals surface area (Å²) >= 11 is 0. The number of methoxy groups -OCH3 is 1. The third-order valence-corrected chi connectivity index (χ3v) is 4.84. The SMILES string of the molecule is COc1ccc([N+](=O)[O-])cc1S(=O)(=O)Nc1ccc2c(c1)OCCO2. The summed E-state index contributed by atoms with van der Waals surface area (Å²) < 4.78 is 43.4. The average molecular weight is 366 g/mol. The fourth-order valence-electron chi connectivity index (χ4n) is 2.31. The molecule has 0 atom stereocenters. The van der Waals surface area contributed by atoms with Crippen LogP contribution in [-0.2, 0) is 10.0 Å². The van der Waals surface area contributed by atoms with Crippen LogP contribution in [-0.4, -0.2) is 33.7 Å². The van der Waals surface area contributed by atoms with Crippen molar-refractivity contribution in [1.29, 1.82) is 0 Å². The van der Waals surface area contributed by atoms with Gasteiger partial charge in [-0.3, -0.25) is 14.8 Å². The van der Waals surface area contributed by atoms with Crippen LogP contribution >= 0.6 is 0 Å². The van der Waals surface area contributed by atoms with Gasteiger partial charge in [0.25, 0.3) is 15.7 Å². The molecule has 0 unspecified atom stereocenters. The first-order chi connectivity index (χ1) is 11.9. The molecule has 3 rings (SSSR count). The predicted molar refractivity (Wildman–Crippen MR) is 87.9 cm³/mol. The van der Waals surface area contributed by atoms with Crippen LogP contribution in [0.1, 0.15) is 0 Å². The molecule has 1 N–H and O–H groups in total. The zero-order chi connectivity index (χ0) is 18.0. The number of fused-ring (bicyclic) bond motifs is 1. The van der Waals surface area contributed by atoms with Gasteiger partial charge < -0.3 is 14.2 Å². The first-order valence-electron chi connectivity index (χ1n) is 7.15. The lowest BCUT2D eigenvalue weighted by Crippen LogP contribution is -2.17. The Bertz CT molecular complexity index is 927. The van der Waals surface area contributed by atoms with E-state index in [4.69, 9.17) is 14.2 Å². The first-order valence-corrected chi connectivity index (χ1v) is 8.64. The Morgan fingerprint density at radius 3 is 2.52 bits per heavy atom.